The van der Waals surface area contributed by atoms with Gasteiger partial charge in [0.25, 0.3) is 0 Å². The number of benzene rings is 1. The number of aromatic nitrogens is 1. The van der Waals surface area contributed by atoms with Crippen molar-refractivity contribution in [2.75, 3.05) is 6.54 Å². The summed E-state index contributed by atoms with van der Waals surface area (Å²) in [6.45, 7) is 7.47. The van der Waals surface area contributed by atoms with Crippen molar-refractivity contribution in [1.82, 2.24) is 14.6 Å². The van der Waals surface area contributed by atoms with E-state index in [1.54, 1.807) is 38.4 Å². The molecule has 1 aliphatic rings. The van der Waals surface area contributed by atoms with Gasteiger partial charge in [-0.15, -0.1) is 0 Å². The molecule has 156 valence electrons. The molecule has 0 radical (unpaired) electrons. The number of nitrogens with one attached hydrogen (secondary N) is 1. The molecule has 0 spiro atoms. The molecule has 2 atom stereocenters. The zero-order valence-electron chi connectivity index (χ0n) is 17.1. The van der Waals surface area contributed by atoms with Crippen molar-refractivity contribution in [1.29, 1.82) is 0 Å². The second-order valence-electron chi connectivity index (χ2n) is 7.64. The van der Waals surface area contributed by atoms with E-state index in [4.69, 9.17) is 0 Å². The highest BCUT2D eigenvalue weighted by Gasteiger charge is 2.44. The molecule has 7 nitrogen and oxygen atoms in total. The van der Waals surface area contributed by atoms with Crippen LogP contribution < -0.4 is 5.32 Å². The SMILES string of the molecule is Cc1cc(C)c(C)c(S(=O)(=O)N2CC(O)C[C@H]2C(=O)NCc2ccncc2)c1C. The smallest absolute Gasteiger partial charge is 0.244 e. The average Bonchev–Trinajstić information content (AvgIpc) is 3.08. The van der Waals surface area contributed by atoms with E-state index in [1.165, 1.54) is 0 Å². The number of nitrogens with zero attached hydrogens (tertiary/aromatic N) is 2. The van der Waals surface area contributed by atoms with Crippen molar-refractivity contribution in [3.8, 4) is 0 Å². The van der Waals surface area contributed by atoms with E-state index in [0.717, 1.165) is 21.0 Å². The first kappa shape index (κ1) is 21.4. The second-order valence-corrected chi connectivity index (χ2v) is 9.47. The normalized spacial score (nSPS) is 20.0. The summed E-state index contributed by atoms with van der Waals surface area (Å²) in [6.07, 6.45) is 2.45. The lowest BCUT2D eigenvalue weighted by Gasteiger charge is -2.26. The molecule has 1 aromatic heterocycles. The molecule has 1 fully saturated rings. The van der Waals surface area contributed by atoms with Crippen LogP contribution in [0.4, 0.5) is 0 Å². The molecule has 1 aromatic carbocycles. The van der Waals surface area contributed by atoms with Crippen LogP contribution in [0, 0.1) is 27.7 Å². The van der Waals surface area contributed by atoms with Crippen LogP contribution in [0.5, 0.6) is 0 Å². The third kappa shape index (κ3) is 4.19. The van der Waals surface area contributed by atoms with Crippen molar-refractivity contribution in [2.45, 2.75) is 57.7 Å². The number of hydrogen-bond acceptors (Lipinski definition) is 5. The van der Waals surface area contributed by atoms with E-state index in [9.17, 15) is 18.3 Å². The molecular weight excluding hydrogens is 390 g/mol. The quantitative estimate of drug-likeness (QED) is 0.772. The number of carbonyl (C=O) groups excluding carboxylic acids is 1. The molecule has 1 saturated heterocycles. The van der Waals surface area contributed by atoms with Gasteiger partial charge in [0.1, 0.15) is 6.04 Å². The van der Waals surface area contributed by atoms with Gasteiger partial charge in [-0.25, -0.2) is 8.42 Å². The Kier molecular flexibility index (Phi) is 6.07. The molecule has 2 N–H and O–H groups in total. The van der Waals surface area contributed by atoms with Crippen molar-refractivity contribution in [3.63, 3.8) is 0 Å². The first-order chi connectivity index (χ1) is 13.6. The number of aliphatic hydroxyl groups excluding tert-OH is 1. The number of sulfonamides is 1. The van der Waals surface area contributed by atoms with E-state index >= 15 is 0 Å². The standard InChI is InChI=1S/C21H27N3O4S/c1-13-9-14(2)16(4)20(15(13)3)29(27,28)24-12-18(25)10-19(24)21(26)23-11-17-5-7-22-8-6-17/h5-9,18-19,25H,10-12H2,1-4H3,(H,23,26)/t18?,19-/m0/s1. The van der Waals surface area contributed by atoms with Gasteiger partial charge < -0.3 is 10.4 Å². The summed E-state index contributed by atoms with van der Waals surface area (Å²) < 4.78 is 28.2. The molecule has 8 heteroatoms. The van der Waals surface area contributed by atoms with E-state index in [0.29, 0.717) is 11.1 Å². The maximum atomic E-state index is 13.5. The van der Waals surface area contributed by atoms with E-state index in [2.05, 4.69) is 10.3 Å². The summed E-state index contributed by atoms with van der Waals surface area (Å²) in [4.78, 5) is 17.0. The van der Waals surface area contributed by atoms with Crippen molar-refractivity contribution < 1.29 is 18.3 Å². The van der Waals surface area contributed by atoms with Crippen LogP contribution in [0.25, 0.3) is 0 Å². The fraction of sp³-hybridized carbons (Fsp3) is 0.429. The maximum absolute atomic E-state index is 13.5. The molecule has 0 saturated carbocycles. The maximum Gasteiger partial charge on any atom is 0.244 e. The number of β-amino-alcohol motifs (C(OH)–C–C–N with tert-alkyl or cyclic N) is 1. The molecule has 1 unspecified atom stereocenters. The minimum Gasteiger partial charge on any atom is -0.392 e. The Bertz CT molecular complexity index is 996. The summed E-state index contributed by atoms with van der Waals surface area (Å²) in [5.41, 5.74) is 3.97. The zero-order chi connectivity index (χ0) is 21.3. The van der Waals surface area contributed by atoms with Gasteiger partial charge in [-0.1, -0.05) is 6.07 Å². The minimum atomic E-state index is -3.95. The fourth-order valence-electron chi connectivity index (χ4n) is 3.78. The first-order valence-electron chi connectivity index (χ1n) is 9.57. The van der Waals surface area contributed by atoms with Crippen molar-refractivity contribution >= 4 is 15.9 Å². The van der Waals surface area contributed by atoms with Crippen LogP contribution in [-0.2, 0) is 21.4 Å². The highest BCUT2D eigenvalue weighted by atomic mass is 32.2. The number of pyridine rings is 1. The van der Waals surface area contributed by atoms with Crippen molar-refractivity contribution in [3.05, 3.63) is 58.4 Å². The number of aryl methyl sites for hydroxylation is 2. The van der Waals surface area contributed by atoms with Gasteiger partial charge in [-0.05, 0) is 67.6 Å². The number of carbonyl (C=O) groups is 1. The molecule has 29 heavy (non-hydrogen) atoms. The number of aliphatic hydroxyl groups is 1. The molecule has 1 aliphatic heterocycles. The molecule has 0 bridgehead atoms. The van der Waals surface area contributed by atoms with Gasteiger partial charge in [0.15, 0.2) is 0 Å². The minimum absolute atomic E-state index is 0.0737. The molecule has 2 aromatic rings. The molecule has 0 aliphatic carbocycles. The number of amides is 1. The largest absolute Gasteiger partial charge is 0.392 e. The Morgan fingerprint density at radius 2 is 1.76 bits per heavy atom. The highest BCUT2D eigenvalue weighted by Crippen LogP contribution is 2.33. The van der Waals surface area contributed by atoms with Crippen LogP contribution in [0.1, 0.15) is 34.2 Å². The van der Waals surface area contributed by atoms with Crippen LogP contribution in [0.3, 0.4) is 0 Å². The van der Waals surface area contributed by atoms with E-state index in [1.807, 2.05) is 19.9 Å². The Balaban J connectivity index is 1.91. The lowest BCUT2D eigenvalue weighted by molar-refractivity contribution is -0.124. The predicted octanol–water partition coefficient (Wildman–Crippen LogP) is 1.76. The van der Waals surface area contributed by atoms with E-state index < -0.39 is 28.1 Å². The Labute approximate surface area is 171 Å². The Morgan fingerprint density at radius 3 is 2.34 bits per heavy atom. The van der Waals surface area contributed by atoms with Gasteiger partial charge in [0, 0.05) is 31.9 Å². The summed E-state index contributed by atoms with van der Waals surface area (Å²) >= 11 is 0. The fourth-order valence-corrected chi connectivity index (χ4v) is 6.00. The van der Waals surface area contributed by atoms with Gasteiger partial charge in [0.05, 0.1) is 11.0 Å². The van der Waals surface area contributed by atoms with Gasteiger partial charge >= 0.3 is 0 Å². The third-order valence-electron chi connectivity index (χ3n) is 5.62. The molecular formula is C21H27N3O4S. The van der Waals surface area contributed by atoms with Gasteiger partial charge in [0.2, 0.25) is 15.9 Å². The summed E-state index contributed by atoms with van der Waals surface area (Å²) in [5.74, 6) is -0.415. The zero-order valence-corrected chi connectivity index (χ0v) is 18.0. The molecule has 1 amide bonds. The number of hydrogen-bond donors (Lipinski definition) is 2. The summed E-state index contributed by atoms with van der Waals surface area (Å²) in [5, 5.41) is 13.0. The average molecular weight is 418 g/mol. The third-order valence-corrected chi connectivity index (χ3v) is 7.77. The summed E-state index contributed by atoms with van der Waals surface area (Å²) in [7, 11) is -3.95. The van der Waals surface area contributed by atoms with Crippen LogP contribution in [-0.4, -0.2) is 47.4 Å². The lowest BCUT2D eigenvalue weighted by atomic mass is 10.0. The van der Waals surface area contributed by atoms with Crippen molar-refractivity contribution in [2.24, 2.45) is 0 Å². The second kappa shape index (κ2) is 8.22. The Morgan fingerprint density at radius 1 is 1.17 bits per heavy atom. The van der Waals surface area contributed by atoms with Crippen LogP contribution >= 0.6 is 0 Å². The van der Waals surface area contributed by atoms with Gasteiger partial charge in [-0.2, -0.15) is 4.31 Å². The Hall–Kier alpha value is -2.29. The van der Waals surface area contributed by atoms with Gasteiger partial charge in [-0.3, -0.25) is 9.78 Å². The molecule has 2 heterocycles. The summed E-state index contributed by atoms with van der Waals surface area (Å²) in [6, 6.07) is 4.57. The monoisotopic (exact) mass is 417 g/mol. The van der Waals surface area contributed by atoms with Crippen LogP contribution in [0.2, 0.25) is 0 Å². The topological polar surface area (TPSA) is 99.6 Å². The first-order valence-corrected chi connectivity index (χ1v) is 11.0. The predicted molar refractivity (Wildman–Crippen MR) is 110 cm³/mol. The highest BCUT2D eigenvalue weighted by molar-refractivity contribution is 7.89. The lowest BCUT2D eigenvalue weighted by Crippen LogP contribution is -2.46. The number of rotatable bonds is 5. The van der Waals surface area contributed by atoms with Crippen LogP contribution in [0.15, 0.2) is 35.5 Å². The van der Waals surface area contributed by atoms with E-state index in [-0.39, 0.29) is 24.4 Å². The molecule has 3 rings (SSSR count).